The first-order valence-corrected chi connectivity index (χ1v) is 8.45. The number of halogens is 3. The summed E-state index contributed by atoms with van der Waals surface area (Å²) in [6, 6.07) is 6.01. The molecule has 0 bridgehead atoms. The van der Waals surface area contributed by atoms with E-state index in [4.69, 9.17) is 9.47 Å². The quantitative estimate of drug-likeness (QED) is 0.795. The monoisotopic (exact) mass is 383 g/mol. The summed E-state index contributed by atoms with van der Waals surface area (Å²) in [5.41, 5.74) is -0.193. The molecule has 0 N–H and O–H groups in total. The van der Waals surface area contributed by atoms with Crippen LogP contribution in [0.3, 0.4) is 0 Å². The molecule has 27 heavy (non-hydrogen) atoms. The van der Waals surface area contributed by atoms with Crippen molar-refractivity contribution in [1.29, 1.82) is 0 Å². The summed E-state index contributed by atoms with van der Waals surface area (Å²) >= 11 is 0. The minimum Gasteiger partial charge on any atom is -0.497 e. The number of hydrogen-bond acceptors (Lipinski definition) is 4. The van der Waals surface area contributed by atoms with Crippen LogP contribution in [-0.4, -0.2) is 41.4 Å². The fourth-order valence-corrected chi connectivity index (χ4v) is 3.32. The van der Waals surface area contributed by atoms with Crippen molar-refractivity contribution < 1.29 is 27.4 Å². The topological polar surface area (TPSA) is 56.6 Å². The molecule has 0 aliphatic carbocycles. The van der Waals surface area contributed by atoms with E-state index in [2.05, 4.69) is 5.10 Å². The highest BCUT2D eigenvalue weighted by Crippen LogP contribution is 2.39. The number of carbonyl (C=O) groups is 1. The van der Waals surface area contributed by atoms with Gasteiger partial charge in [-0.3, -0.25) is 9.48 Å². The van der Waals surface area contributed by atoms with E-state index < -0.39 is 11.9 Å². The molecule has 1 amide bonds. The molecule has 3 rings (SSSR count). The van der Waals surface area contributed by atoms with Crippen LogP contribution in [-0.2, 0) is 17.5 Å². The summed E-state index contributed by atoms with van der Waals surface area (Å²) in [5.74, 6) is 0.991. The van der Waals surface area contributed by atoms with Crippen molar-refractivity contribution in [3.63, 3.8) is 0 Å². The summed E-state index contributed by atoms with van der Waals surface area (Å²) in [6.07, 6.45) is -1.83. The largest absolute Gasteiger partial charge is 0.497 e. The number of methoxy groups -OCH3 is 2. The summed E-state index contributed by atoms with van der Waals surface area (Å²) < 4.78 is 49.7. The van der Waals surface area contributed by atoms with Gasteiger partial charge in [-0.05, 0) is 37.1 Å². The SMILES string of the molecule is COc1ccc(OC)c(C2CCCN2C(=O)Cn2ccc(C(F)(F)F)n2)c1. The molecule has 1 unspecified atom stereocenters. The average molecular weight is 383 g/mol. The fraction of sp³-hybridized carbons (Fsp3) is 0.444. The van der Waals surface area contributed by atoms with Crippen LogP contribution in [0.1, 0.15) is 30.1 Å². The zero-order valence-electron chi connectivity index (χ0n) is 15.0. The summed E-state index contributed by atoms with van der Waals surface area (Å²) in [7, 11) is 3.11. The Balaban J connectivity index is 1.80. The van der Waals surface area contributed by atoms with Crippen molar-refractivity contribution in [2.75, 3.05) is 20.8 Å². The molecule has 9 heteroatoms. The van der Waals surface area contributed by atoms with Crippen molar-refractivity contribution in [2.45, 2.75) is 31.6 Å². The molecular formula is C18H20F3N3O3. The number of benzene rings is 1. The van der Waals surface area contributed by atoms with Crippen molar-refractivity contribution in [1.82, 2.24) is 14.7 Å². The third-order valence-electron chi connectivity index (χ3n) is 4.60. The molecule has 1 fully saturated rings. The summed E-state index contributed by atoms with van der Waals surface area (Å²) in [4.78, 5) is 14.4. The minimum atomic E-state index is -4.53. The lowest BCUT2D eigenvalue weighted by Gasteiger charge is -2.26. The Kier molecular flexibility index (Phi) is 5.29. The predicted octanol–water partition coefficient (Wildman–Crippen LogP) is 3.28. The second-order valence-electron chi connectivity index (χ2n) is 6.25. The van der Waals surface area contributed by atoms with Gasteiger partial charge in [0.15, 0.2) is 5.69 Å². The van der Waals surface area contributed by atoms with Crippen LogP contribution in [0.4, 0.5) is 13.2 Å². The zero-order valence-corrected chi connectivity index (χ0v) is 15.0. The van der Waals surface area contributed by atoms with Crippen LogP contribution >= 0.6 is 0 Å². The van der Waals surface area contributed by atoms with E-state index in [-0.39, 0.29) is 18.5 Å². The first-order valence-electron chi connectivity index (χ1n) is 8.45. The average Bonchev–Trinajstić information content (AvgIpc) is 3.30. The van der Waals surface area contributed by atoms with Crippen LogP contribution in [0.2, 0.25) is 0 Å². The smallest absolute Gasteiger partial charge is 0.435 e. The molecule has 2 heterocycles. The van der Waals surface area contributed by atoms with Gasteiger partial charge >= 0.3 is 6.18 Å². The normalized spacial score (nSPS) is 17.2. The van der Waals surface area contributed by atoms with Gasteiger partial charge in [-0.2, -0.15) is 18.3 Å². The first kappa shape index (κ1) is 19.1. The van der Waals surface area contributed by atoms with Gasteiger partial charge < -0.3 is 14.4 Å². The zero-order chi connectivity index (χ0) is 19.6. The number of likely N-dealkylation sites (tertiary alicyclic amines) is 1. The highest BCUT2D eigenvalue weighted by Gasteiger charge is 2.35. The minimum absolute atomic E-state index is 0.222. The van der Waals surface area contributed by atoms with Crippen molar-refractivity contribution in [3.05, 3.63) is 41.7 Å². The second kappa shape index (κ2) is 7.50. The Morgan fingerprint density at radius 3 is 2.67 bits per heavy atom. The van der Waals surface area contributed by atoms with Crippen LogP contribution in [0.15, 0.2) is 30.5 Å². The van der Waals surface area contributed by atoms with Crippen LogP contribution in [0.25, 0.3) is 0 Å². The summed E-state index contributed by atoms with van der Waals surface area (Å²) in [5, 5.41) is 3.45. The van der Waals surface area contributed by atoms with E-state index in [1.807, 2.05) is 6.07 Å². The van der Waals surface area contributed by atoms with Gasteiger partial charge in [0.05, 0.1) is 20.3 Å². The van der Waals surface area contributed by atoms with Crippen molar-refractivity contribution >= 4 is 5.91 Å². The number of carbonyl (C=O) groups excluding carboxylic acids is 1. The van der Waals surface area contributed by atoms with E-state index in [0.29, 0.717) is 18.0 Å². The summed E-state index contributed by atoms with van der Waals surface area (Å²) in [6.45, 7) is 0.274. The highest BCUT2D eigenvalue weighted by molar-refractivity contribution is 5.77. The van der Waals surface area contributed by atoms with Crippen LogP contribution in [0, 0.1) is 0 Å². The van der Waals surface area contributed by atoms with Gasteiger partial charge in [0.2, 0.25) is 5.91 Å². The molecule has 1 saturated heterocycles. The van der Waals surface area contributed by atoms with Crippen molar-refractivity contribution in [3.8, 4) is 11.5 Å². The third-order valence-corrected chi connectivity index (χ3v) is 4.60. The van der Waals surface area contributed by atoms with Gasteiger partial charge in [-0.15, -0.1) is 0 Å². The molecule has 0 radical (unpaired) electrons. The Morgan fingerprint density at radius 2 is 2.04 bits per heavy atom. The molecule has 0 spiro atoms. The standard InChI is InChI=1S/C18H20F3N3O3/c1-26-12-5-6-15(27-2)13(10-12)14-4-3-8-24(14)17(25)11-23-9-7-16(22-23)18(19,20)21/h5-7,9-10,14H,3-4,8,11H2,1-2H3. The number of aromatic nitrogens is 2. The van der Waals surface area contributed by atoms with Gasteiger partial charge in [-0.25, -0.2) is 0 Å². The van der Waals surface area contributed by atoms with Crippen LogP contribution in [0.5, 0.6) is 11.5 Å². The molecule has 2 aromatic rings. The number of amides is 1. The Morgan fingerprint density at radius 1 is 1.26 bits per heavy atom. The van der Waals surface area contributed by atoms with E-state index in [1.54, 1.807) is 31.3 Å². The van der Waals surface area contributed by atoms with Crippen molar-refractivity contribution in [2.24, 2.45) is 0 Å². The molecule has 1 aromatic heterocycles. The number of alkyl halides is 3. The van der Waals surface area contributed by atoms with E-state index in [1.165, 1.54) is 0 Å². The molecular weight excluding hydrogens is 363 g/mol. The molecule has 1 aromatic carbocycles. The molecule has 1 aliphatic heterocycles. The van der Waals surface area contributed by atoms with E-state index >= 15 is 0 Å². The maximum absolute atomic E-state index is 12.7. The molecule has 1 atom stereocenters. The maximum atomic E-state index is 12.7. The number of ether oxygens (including phenoxy) is 2. The van der Waals surface area contributed by atoms with Gasteiger partial charge in [0.1, 0.15) is 18.0 Å². The van der Waals surface area contributed by atoms with Gasteiger partial charge in [0.25, 0.3) is 0 Å². The predicted molar refractivity (Wildman–Crippen MR) is 90.5 cm³/mol. The second-order valence-corrected chi connectivity index (χ2v) is 6.25. The van der Waals surface area contributed by atoms with E-state index in [0.717, 1.165) is 35.4 Å². The third kappa shape index (κ3) is 4.01. The molecule has 0 saturated carbocycles. The fourth-order valence-electron chi connectivity index (χ4n) is 3.32. The van der Waals surface area contributed by atoms with Gasteiger partial charge in [0, 0.05) is 18.3 Å². The Bertz CT molecular complexity index is 820. The molecule has 146 valence electrons. The lowest BCUT2D eigenvalue weighted by molar-refractivity contribution is -0.142. The number of hydrogen-bond donors (Lipinski definition) is 0. The maximum Gasteiger partial charge on any atom is 0.435 e. The van der Waals surface area contributed by atoms with Crippen LogP contribution < -0.4 is 9.47 Å². The lowest BCUT2D eigenvalue weighted by Crippen LogP contribution is -2.33. The lowest BCUT2D eigenvalue weighted by atomic mass is 10.0. The Labute approximate surface area is 154 Å². The van der Waals surface area contributed by atoms with E-state index in [9.17, 15) is 18.0 Å². The molecule has 1 aliphatic rings. The highest BCUT2D eigenvalue weighted by atomic mass is 19.4. The Hall–Kier alpha value is -2.71. The molecule has 6 nitrogen and oxygen atoms in total. The van der Waals surface area contributed by atoms with Gasteiger partial charge in [-0.1, -0.05) is 0 Å². The number of rotatable bonds is 5. The first-order chi connectivity index (χ1) is 12.8. The number of nitrogens with zero attached hydrogens (tertiary/aromatic N) is 3.